The lowest BCUT2D eigenvalue weighted by atomic mass is 9.96. The Morgan fingerprint density at radius 3 is 2.63 bits per heavy atom. The molecule has 1 nitrogen and oxygen atoms in total. The molecule has 0 aliphatic carbocycles. The molecule has 19 heavy (non-hydrogen) atoms. The van der Waals surface area contributed by atoms with Gasteiger partial charge in [0.1, 0.15) is 5.82 Å². The van der Waals surface area contributed by atoms with Crippen LogP contribution in [0.5, 0.6) is 0 Å². The number of aliphatic hydroxyl groups is 1. The second-order valence-electron chi connectivity index (χ2n) is 4.55. The van der Waals surface area contributed by atoms with Crippen LogP contribution in [-0.4, -0.2) is 5.11 Å². The Hall–Kier alpha value is -1.19. The van der Waals surface area contributed by atoms with Gasteiger partial charge in [0.25, 0.3) is 0 Å². The molecule has 2 rings (SSSR count). The van der Waals surface area contributed by atoms with E-state index in [9.17, 15) is 9.50 Å². The van der Waals surface area contributed by atoms with Crippen molar-refractivity contribution in [2.24, 2.45) is 0 Å². The Labute approximate surface area is 121 Å². The summed E-state index contributed by atoms with van der Waals surface area (Å²) in [5, 5.41) is 10.3. The Balaban J connectivity index is 2.22. The third-order valence-electron chi connectivity index (χ3n) is 3.15. The lowest BCUT2D eigenvalue weighted by molar-refractivity contribution is 0.177. The minimum absolute atomic E-state index is 0.291. The summed E-state index contributed by atoms with van der Waals surface area (Å²) in [6.45, 7) is 2.06. The van der Waals surface area contributed by atoms with Crippen LogP contribution in [-0.2, 0) is 12.8 Å². The summed E-state index contributed by atoms with van der Waals surface area (Å²) in [6, 6.07) is 12.5. The number of benzene rings is 2. The van der Waals surface area contributed by atoms with E-state index in [-0.39, 0.29) is 5.82 Å². The number of aryl methyl sites for hydroxylation is 1. The van der Waals surface area contributed by atoms with E-state index in [1.807, 2.05) is 30.3 Å². The van der Waals surface area contributed by atoms with Gasteiger partial charge < -0.3 is 5.11 Å². The lowest BCUT2D eigenvalue weighted by Gasteiger charge is -2.15. The summed E-state index contributed by atoms with van der Waals surface area (Å²) in [5.74, 6) is -0.291. The summed E-state index contributed by atoms with van der Waals surface area (Å²) >= 11 is 3.27. The molecule has 0 aliphatic heterocycles. The van der Waals surface area contributed by atoms with Crippen LogP contribution in [0.2, 0.25) is 0 Å². The molecule has 0 saturated carbocycles. The fourth-order valence-electron chi connectivity index (χ4n) is 2.24. The van der Waals surface area contributed by atoms with Gasteiger partial charge in [-0.1, -0.05) is 47.1 Å². The number of aliphatic hydroxyl groups excluding tert-OH is 1. The zero-order valence-electron chi connectivity index (χ0n) is 10.7. The third kappa shape index (κ3) is 3.64. The predicted octanol–water partition coefficient (Wildman–Crippen LogP) is 4.43. The van der Waals surface area contributed by atoms with Crippen LogP contribution in [0.15, 0.2) is 46.9 Å². The summed E-state index contributed by atoms with van der Waals surface area (Å²) in [4.78, 5) is 0. The topological polar surface area (TPSA) is 20.2 Å². The molecular formula is C16H16BrFO. The molecule has 1 N–H and O–H groups in total. The van der Waals surface area contributed by atoms with Crippen LogP contribution in [0.4, 0.5) is 4.39 Å². The highest BCUT2D eigenvalue weighted by Gasteiger charge is 2.12. The van der Waals surface area contributed by atoms with Crippen LogP contribution in [0.3, 0.4) is 0 Å². The first-order valence-electron chi connectivity index (χ1n) is 6.31. The average Bonchev–Trinajstić information content (AvgIpc) is 2.37. The minimum atomic E-state index is -0.607. The molecule has 0 spiro atoms. The van der Waals surface area contributed by atoms with Crippen LogP contribution >= 0.6 is 15.9 Å². The smallest absolute Gasteiger partial charge is 0.124 e. The summed E-state index contributed by atoms with van der Waals surface area (Å²) < 4.78 is 14.0. The Morgan fingerprint density at radius 2 is 1.95 bits per heavy atom. The van der Waals surface area contributed by atoms with Crippen LogP contribution in [0.25, 0.3) is 0 Å². The molecule has 2 aromatic rings. The van der Waals surface area contributed by atoms with E-state index in [2.05, 4.69) is 22.9 Å². The van der Waals surface area contributed by atoms with Crippen LogP contribution in [0, 0.1) is 5.82 Å². The Morgan fingerprint density at radius 1 is 1.21 bits per heavy atom. The zero-order chi connectivity index (χ0) is 13.8. The molecule has 3 heteroatoms. The number of halogens is 2. The first-order valence-corrected chi connectivity index (χ1v) is 7.10. The fraction of sp³-hybridized carbons (Fsp3) is 0.250. The molecular weight excluding hydrogens is 307 g/mol. The summed E-state index contributed by atoms with van der Waals surface area (Å²) in [5.41, 5.74) is 2.83. The van der Waals surface area contributed by atoms with Crippen molar-refractivity contribution in [3.63, 3.8) is 0 Å². The summed E-state index contributed by atoms with van der Waals surface area (Å²) in [7, 11) is 0. The average molecular weight is 323 g/mol. The highest BCUT2D eigenvalue weighted by molar-refractivity contribution is 9.10. The maximum Gasteiger partial charge on any atom is 0.124 e. The number of rotatable bonds is 4. The SMILES string of the molecule is CCc1ccccc1C(O)Cc1cc(F)cc(Br)c1. The molecule has 0 aliphatic rings. The first kappa shape index (κ1) is 14.2. The van der Waals surface area contributed by atoms with E-state index in [0.29, 0.717) is 10.9 Å². The lowest BCUT2D eigenvalue weighted by Crippen LogP contribution is -2.05. The van der Waals surface area contributed by atoms with Crippen molar-refractivity contribution >= 4 is 15.9 Å². The molecule has 1 atom stereocenters. The standard InChI is InChI=1S/C16H16BrFO/c1-2-12-5-3-4-6-15(12)16(19)9-11-7-13(17)10-14(18)8-11/h3-8,10,16,19H,2,9H2,1H3. The summed E-state index contributed by atoms with van der Waals surface area (Å²) in [6.07, 6.45) is 0.679. The molecule has 2 aromatic carbocycles. The fourth-order valence-corrected chi connectivity index (χ4v) is 2.76. The van der Waals surface area contributed by atoms with Gasteiger partial charge in [0.2, 0.25) is 0 Å². The minimum Gasteiger partial charge on any atom is -0.388 e. The van der Waals surface area contributed by atoms with Gasteiger partial charge >= 0.3 is 0 Å². The molecule has 0 bridgehead atoms. The quantitative estimate of drug-likeness (QED) is 0.883. The molecule has 0 aromatic heterocycles. The highest BCUT2D eigenvalue weighted by atomic mass is 79.9. The van der Waals surface area contributed by atoms with Crippen molar-refractivity contribution in [2.75, 3.05) is 0 Å². The Bertz CT molecular complexity index is 548. The van der Waals surface area contributed by atoms with Crippen molar-refractivity contribution in [1.82, 2.24) is 0 Å². The van der Waals surface area contributed by atoms with Crippen molar-refractivity contribution in [3.8, 4) is 0 Å². The molecule has 1 unspecified atom stereocenters. The normalized spacial score (nSPS) is 12.4. The van der Waals surface area contributed by atoms with Crippen molar-refractivity contribution in [3.05, 3.63) is 69.4 Å². The number of hydrogen-bond acceptors (Lipinski definition) is 1. The third-order valence-corrected chi connectivity index (χ3v) is 3.60. The van der Waals surface area contributed by atoms with Gasteiger partial charge in [0, 0.05) is 10.9 Å². The van der Waals surface area contributed by atoms with Gasteiger partial charge in [-0.2, -0.15) is 0 Å². The molecule has 0 radical (unpaired) electrons. The molecule has 0 fully saturated rings. The molecule has 0 amide bonds. The van der Waals surface area contributed by atoms with E-state index >= 15 is 0 Å². The van der Waals surface area contributed by atoms with Gasteiger partial charge in [-0.25, -0.2) is 4.39 Å². The van der Waals surface area contributed by atoms with Gasteiger partial charge in [0.05, 0.1) is 6.10 Å². The van der Waals surface area contributed by atoms with Crippen molar-refractivity contribution in [2.45, 2.75) is 25.9 Å². The van der Waals surface area contributed by atoms with E-state index in [4.69, 9.17) is 0 Å². The van der Waals surface area contributed by atoms with Crippen molar-refractivity contribution in [1.29, 1.82) is 0 Å². The molecule has 0 heterocycles. The van der Waals surface area contributed by atoms with E-state index in [0.717, 1.165) is 23.1 Å². The maximum atomic E-state index is 13.3. The predicted molar refractivity (Wildman–Crippen MR) is 78.6 cm³/mol. The van der Waals surface area contributed by atoms with E-state index in [1.165, 1.54) is 12.1 Å². The second kappa shape index (κ2) is 6.31. The van der Waals surface area contributed by atoms with Gasteiger partial charge in [0.15, 0.2) is 0 Å². The molecule has 100 valence electrons. The van der Waals surface area contributed by atoms with Gasteiger partial charge in [-0.3, -0.25) is 0 Å². The zero-order valence-corrected chi connectivity index (χ0v) is 12.3. The van der Waals surface area contributed by atoms with Crippen LogP contribution < -0.4 is 0 Å². The number of hydrogen-bond donors (Lipinski definition) is 1. The van der Waals surface area contributed by atoms with Gasteiger partial charge in [-0.15, -0.1) is 0 Å². The second-order valence-corrected chi connectivity index (χ2v) is 5.47. The monoisotopic (exact) mass is 322 g/mol. The Kier molecular flexibility index (Phi) is 4.72. The largest absolute Gasteiger partial charge is 0.388 e. The van der Waals surface area contributed by atoms with E-state index < -0.39 is 6.10 Å². The first-order chi connectivity index (χ1) is 9.10. The highest BCUT2D eigenvalue weighted by Crippen LogP contribution is 2.24. The van der Waals surface area contributed by atoms with E-state index in [1.54, 1.807) is 0 Å². The van der Waals surface area contributed by atoms with Crippen LogP contribution in [0.1, 0.15) is 29.7 Å². The molecule has 0 saturated heterocycles. The van der Waals surface area contributed by atoms with Gasteiger partial charge in [-0.05, 0) is 41.3 Å². The maximum absolute atomic E-state index is 13.3. The van der Waals surface area contributed by atoms with Crippen molar-refractivity contribution < 1.29 is 9.50 Å².